The first kappa shape index (κ1) is 15.6. The van der Waals surface area contributed by atoms with Gasteiger partial charge in [0, 0.05) is 23.2 Å². The van der Waals surface area contributed by atoms with Crippen molar-refractivity contribution >= 4 is 21.6 Å². The molecule has 20 heavy (non-hydrogen) atoms. The van der Waals surface area contributed by atoms with E-state index in [9.17, 15) is 13.2 Å². The smallest absolute Gasteiger partial charge is 0.385 e. The molecule has 2 nitrogen and oxygen atoms in total. The Morgan fingerprint density at radius 2 is 2.15 bits per heavy atom. The molecule has 0 bridgehead atoms. The molecule has 1 N–H and O–H groups in total. The Labute approximate surface area is 125 Å². The minimum absolute atomic E-state index is 0.0768. The minimum atomic E-state index is -4.33. The van der Waals surface area contributed by atoms with Crippen molar-refractivity contribution in [1.82, 2.24) is 4.90 Å². The van der Waals surface area contributed by atoms with Crippen LogP contribution in [-0.2, 0) is 6.18 Å². The fourth-order valence-corrected chi connectivity index (χ4v) is 3.03. The van der Waals surface area contributed by atoms with E-state index in [1.807, 2.05) is 0 Å². The van der Waals surface area contributed by atoms with Crippen molar-refractivity contribution in [3.8, 4) is 0 Å². The molecular weight excluding hydrogens is 333 g/mol. The fraction of sp³-hybridized carbons (Fsp3) is 0.571. The third-order valence-electron chi connectivity index (χ3n) is 3.59. The van der Waals surface area contributed by atoms with E-state index in [-0.39, 0.29) is 4.47 Å². The molecule has 6 heteroatoms. The van der Waals surface area contributed by atoms with Gasteiger partial charge >= 0.3 is 6.18 Å². The number of benzene rings is 1. The topological polar surface area (TPSA) is 15.3 Å². The third kappa shape index (κ3) is 4.12. The van der Waals surface area contributed by atoms with Crippen molar-refractivity contribution in [3.05, 3.63) is 28.2 Å². The predicted molar refractivity (Wildman–Crippen MR) is 77.9 cm³/mol. The number of nitrogens with one attached hydrogen (secondary N) is 1. The van der Waals surface area contributed by atoms with Gasteiger partial charge in [0.2, 0.25) is 0 Å². The van der Waals surface area contributed by atoms with E-state index in [1.54, 1.807) is 6.07 Å². The summed E-state index contributed by atoms with van der Waals surface area (Å²) < 4.78 is 38.5. The first-order valence-electron chi connectivity index (χ1n) is 6.65. The number of nitrogens with zero attached hydrogens (tertiary/aromatic N) is 1. The molecule has 112 valence electrons. The van der Waals surface area contributed by atoms with Gasteiger partial charge < -0.3 is 10.2 Å². The molecule has 0 amide bonds. The largest absolute Gasteiger partial charge is 0.417 e. The minimum Gasteiger partial charge on any atom is -0.385 e. The molecule has 1 aromatic carbocycles. The first-order chi connectivity index (χ1) is 9.36. The zero-order valence-electron chi connectivity index (χ0n) is 11.3. The summed E-state index contributed by atoms with van der Waals surface area (Å²) in [7, 11) is 2.08. The van der Waals surface area contributed by atoms with E-state index in [0.717, 1.165) is 32.0 Å². The number of hydrogen-bond donors (Lipinski definition) is 1. The van der Waals surface area contributed by atoms with E-state index in [0.29, 0.717) is 18.2 Å². The number of anilines is 1. The van der Waals surface area contributed by atoms with Crippen molar-refractivity contribution in [2.75, 3.05) is 32.0 Å². The second kappa shape index (κ2) is 6.35. The van der Waals surface area contributed by atoms with Crippen LogP contribution in [0.4, 0.5) is 18.9 Å². The summed E-state index contributed by atoms with van der Waals surface area (Å²) in [6.07, 6.45) is -2.06. The van der Waals surface area contributed by atoms with Crippen LogP contribution in [0.2, 0.25) is 0 Å². The number of alkyl halides is 3. The monoisotopic (exact) mass is 350 g/mol. The van der Waals surface area contributed by atoms with Gasteiger partial charge in [-0.1, -0.05) is 15.9 Å². The lowest BCUT2D eigenvalue weighted by Crippen LogP contribution is -2.35. The Morgan fingerprint density at radius 1 is 1.40 bits per heavy atom. The zero-order valence-corrected chi connectivity index (χ0v) is 12.9. The van der Waals surface area contributed by atoms with Crippen LogP contribution in [0, 0.1) is 5.92 Å². The third-order valence-corrected chi connectivity index (χ3v) is 4.28. The Hall–Kier alpha value is -0.750. The van der Waals surface area contributed by atoms with E-state index < -0.39 is 11.7 Å². The van der Waals surface area contributed by atoms with Gasteiger partial charge in [-0.3, -0.25) is 0 Å². The van der Waals surface area contributed by atoms with Crippen LogP contribution in [0.5, 0.6) is 0 Å². The maximum atomic E-state index is 12.8. The second-order valence-corrected chi connectivity index (χ2v) is 6.20. The average molecular weight is 351 g/mol. The Balaban J connectivity index is 1.99. The van der Waals surface area contributed by atoms with E-state index in [2.05, 4.69) is 33.2 Å². The molecule has 0 spiro atoms. The Morgan fingerprint density at radius 3 is 2.80 bits per heavy atom. The normalized spacial score (nSPS) is 20.9. The van der Waals surface area contributed by atoms with Crippen LogP contribution < -0.4 is 5.32 Å². The van der Waals surface area contributed by atoms with E-state index in [1.165, 1.54) is 6.07 Å². The number of rotatable bonds is 3. The SMILES string of the molecule is CN1CCCC(CNc2ccc(Br)c(C(F)(F)F)c2)C1. The molecule has 0 radical (unpaired) electrons. The van der Waals surface area contributed by atoms with Crippen LogP contribution in [-0.4, -0.2) is 31.6 Å². The summed E-state index contributed by atoms with van der Waals surface area (Å²) in [4.78, 5) is 2.26. The van der Waals surface area contributed by atoms with Crippen LogP contribution in [0.3, 0.4) is 0 Å². The maximum Gasteiger partial charge on any atom is 0.417 e. The fourth-order valence-electron chi connectivity index (χ4n) is 2.55. The van der Waals surface area contributed by atoms with Gasteiger partial charge in [0.25, 0.3) is 0 Å². The zero-order chi connectivity index (χ0) is 14.8. The van der Waals surface area contributed by atoms with E-state index >= 15 is 0 Å². The summed E-state index contributed by atoms with van der Waals surface area (Å²) in [6, 6.07) is 4.28. The number of hydrogen-bond acceptors (Lipinski definition) is 2. The van der Waals surface area contributed by atoms with Gasteiger partial charge in [-0.2, -0.15) is 13.2 Å². The quantitative estimate of drug-likeness (QED) is 0.877. The van der Waals surface area contributed by atoms with Gasteiger partial charge in [-0.15, -0.1) is 0 Å². The Kier molecular flexibility index (Phi) is 4.96. The molecular formula is C14H18BrF3N2. The molecule has 1 fully saturated rings. The molecule has 0 aromatic heterocycles. The van der Waals surface area contributed by atoms with Crippen molar-refractivity contribution in [2.45, 2.75) is 19.0 Å². The summed E-state index contributed by atoms with van der Waals surface area (Å²) in [6.45, 7) is 2.81. The molecule has 1 saturated heterocycles. The summed E-state index contributed by atoms with van der Waals surface area (Å²) in [5.41, 5.74) is -0.114. The molecule has 1 atom stereocenters. The first-order valence-corrected chi connectivity index (χ1v) is 7.44. The number of halogens is 4. The average Bonchev–Trinajstić information content (AvgIpc) is 2.36. The van der Waals surface area contributed by atoms with Gasteiger partial charge in [0.05, 0.1) is 5.56 Å². The maximum absolute atomic E-state index is 12.8. The summed E-state index contributed by atoms with van der Waals surface area (Å²) >= 11 is 2.95. The highest BCUT2D eigenvalue weighted by Crippen LogP contribution is 2.36. The second-order valence-electron chi connectivity index (χ2n) is 5.34. The lowest BCUT2D eigenvalue weighted by Gasteiger charge is -2.30. The highest BCUT2D eigenvalue weighted by atomic mass is 79.9. The molecule has 1 aromatic rings. The highest BCUT2D eigenvalue weighted by Gasteiger charge is 2.33. The number of likely N-dealkylation sites (tertiary alicyclic amines) is 1. The lowest BCUT2D eigenvalue weighted by molar-refractivity contribution is -0.138. The van der Waals surface area contributed by atoms with Crippen molar-refractivity contribution < 1.29 is 13.2 Å². The molecule has 1 aliphatic heterocycles. The van der Waals surface area contributed by atoms with E-state index in [4.69, 9.17) is 0 Å². The van der Waals surface area contributed by atoms with Crippen LogP contribution in [0.1, 0.15) is 18.4 Å². The van der Waals surface area contributed by atoms with Crippen molar-refractivity contribution in [1.29, 1.82) is 0 Å². The summed E-state index contributed by atoms with van der Waals surface area (Å²) in [5, 5.41) is 3.13. The van der Waals surface area contributed by atoms with Gasteiger partial charge in [-0.05, 0) is 50.6 Å². The summed E-state index contributed by atoms with van der Waals surface area (Å²) in [5.74, 6) is 0.492. The van der Waals surface area contributed by atoms with Crippen LogP contribution in [0.25, 0.3) is 0 Å². The highest BCUT2D eigenvalue weighted by molar-refractivity contribution is 9.10. The van der Waals surface area contributed by atoms with Gasteiger partial charge in [-0.25, -0.2) is 0 Å². The van der Waals surface area contributed by atoms with Gasteiger partial charge in [0.1, 0.15) is 0 Å². The van der Waals surface area contributed by atoms with Crippen molar-refractivity contribution in [3.63, 3.8) is 0 Å². The molecule has 1 aliphatic rings. The van der Waals surface area contributed by atoms with Gasteiger partial charge in [0.15, 0.2) is 0 Å². The standard InChI is InChI=1S/C14H18BrF3N2/c1-20-6-2-3-10(9-20)8-19-11-4-5-13(15)12(7-11)14(16,17)18/h4-5,7,10,19H,2-3,6,8-9H2,1H3. The van der Waals surface area contributed by atoms with Crippen molar-refractivity contribution in [2.24, 2.45) is 5.92 Å². The number of piperidine rings is 1. The molecule has 1 heterocycles. The van der Waals surface area contributed by atoms with Crippen LogP contribution in [0.15, 0.2) is 22.7 Å². The molecule has 2 rings (SSSR count). The molecule has 0 saturated carbocycles. The lowest BCUT2D eigenvalue weighted by atomic mass is 9.98. The molecule has 1 unspecified atom stereocenters. The van der Waals surface area contributed by atoms with Crippen LogP contribution >= 0.6 is 15.9 Å². The molecule has 0 aliphatic carbocycles. The Bertz CT molecular complexity index is 462. The predicted octanol–water partition coefficient (Wildman–Crippen LogP) is 4.22.